The number of hydrogen-bond donors (Lipinski definition) is 1. The predicted molar refractivity (Wildman–Crippen MR) is 90.0 cm³/mol. The van der Waals surface area contributed by atoms with Crippen molar-refractivity contribution in [1.82, 2.24) is 5.32 Å². The summed E-state index contributed by atoms with van der Waals surface area (Å²) in [5, 5.41) is 3.53. The number of hydrogen-bond acceptors (Lipinski definition) is 3. The summed E-state index contributed by atoms with van der Waals surface area (Å²) in [4.78, 5) is 2.35. The van der Waals surface area contributed by atoms with E-state index in [0.29, 0.717) is 12.0 Å². The summed E-state index contributed by atoms with van der Waals surface area (Å²) in [6.07, 6.45) is 3.67. The molecule has 0 saturated carbocycles. The molecular weight excluding hydrogens is 260 g/mol. The van der Waals surface area contributed by atoms with E-state index in [9.17, 15) is 0 Å². The van der Waals surface area contributed by atoms with E-state index in [0.717, 1.165) is 26.3 Å². The van der Waals surface area contributed by atoms with Crippen molar-refractivity contribution in [2.75, 3.05) is 38.3 Å². The molecule has 3 heteroatoms. The van der Waals surface area contributed by atoms with Gasteiger partial charge in [-0.25, -0.2) is 0 Å². The Labute approximate surface area is 129 Å². The average molecular weight is 290 g/mol. The van der Waals surface area contributed by atoms with Gasteiger partial charge in [-0.15, -0.1) is 0 Å². The van der Waals surface area contributed by atoms with Gasteiger partial charge >= 0.3 is 0 Å². The largest absolute Gasteiger partial charge is 0.381 e. The second-order valence-electron chi connectivity index (χ2n) is 6.23. The molecule has 0 bridgehead atoms. The van der Waals surface area contributed by atoms with Crippen LogP contribution in [0.4, 0.5) is 5.69 Å². The third kappa shape index (κ3) is 5.01. The zero-order valence-electron chi connectivity index (χ0n) is 13.8. The van der Waals surface area contributed by atoms with E-state index in [1.54, 1.807) is 0 Å². The fourth-order valence-corrected chi connectivity index (χ4v) is 2.94. The maximum absolute atomic E-state index is 5.57. The summed E-state index contributed by atoms with van der Waals surface area (Å²) < 4.78 is 5.57. The van der Waals surface area contributed by atoms with Crippen LogP contribution in [0, 0.1) is 5.92 Å². The van der Waals surface area contributed by atoms with Crippen LogP contribution in [-0.2, 0) is 4.74 Å². The van der Waals surface area contributed by atoms with Crippen molar-refractivity contribution in [2.24, 2.45) is 5.92 Å². The van der Waals surface area contributed by atoms with E-state index in [1.807, 2.05) is 0 Å². The summed E-state index contributed by atoms with van der Waals surface area (Å²) in [6, 6.07) is 9.40. The van der Waals surface area contributed by atoms with E-state index >= 15 is 0 Å². The van der Waals surface area contributed by atoms with Gasteiger partial charge in [0, 0.05) is 31.9 Å². The first-order chi connectivity index (χ1) is 10.2. The molecule has 1 heterocycles. The standard InChI is InChI=1S/C18H30N2O/c1-4-11-19-15(2)17-7-9-18(10-8-17)20(3)13-16-6-5-12-21-14-16/h7-10,15-16,19H,4-6,11-14H2,1-3H3. The first kappa shape index (κ1) is 16.3. The molecule has 1 fully saturated rings. The maximum atomic E-state index is 5.57. The Balaban J connectivity index is 1.88. The Morgan fingerprint density at radius 1 is 1.33 bits per heavy atom. The Morgan fingerprint density at radius 3 is 2.71 bits per heavy atom. The summed E-state index contributed by atoms with van der Waals surface area (Å²) in [6.45, 7) is 8.45. The highest BCUT2D eigenvalue weighted by Crippen LogP contribution is 2.21. The van der Waals surface area contributed by atoms with E-state index in [2.05, 4.69) is 55.4 Å². The minimum Gasteiger partial charge on any atom is -0.381 e. The first-order valence-electron chi connectivity index (χ1n) is 8.33. The van der Waals surface area contributed by atoms with Crippen molar-refractivity contribution in [3.63, 3.8) is 0 Å². The van der Waals surface area contributed by atoms with Gasteiger partial charge in [-0.05, 0) is 56.3 Å². The highest BCUT2D eigenvalue weighted by Gasteiger charge is 2.16. The topological polar surface area (TPSA) is 24.5 Å². The lowest BCUT2D eigenvalue weighted by Gasteiger charge is -2.28. The fourth-order valence-electron chi connectivity index (χ4n) is 2.94. The third-order valence-corrected chi connectivity index (χ3v) is 4.32. The average Bonchev–Trinajstić information content (AvgIpc) is 2.53. The van der Waals surface area contributed by atoms with Crippen molar-refractivity contribution in [1.29, 1.82) is 0 Å². The van der Waals surface area contributed by atoms with Crippen molar-refractivity contribution in [3.05, 3.63) is 29.8 Å². The van der Waals surface area contributed by atoms with Gasteiger partial charge in [0.25, 0.3) is 0 Å². The van der Waals surface area contributed by atoms with Gasteiger partial charge in [-0.3, -0.25) is 0 Å². The molecule has 0 aliphatic carbocycles. The molecule has 21 heavy (non-hydrogen) atoms. The molecule has 1 aliphatic rings. The highest BCUT2D eigenvalue weighted by atomic mass is 16.5. The van der Waals surface area contributed by atoms with E-state index in [-0.39, 0.29) is 0 Å². The Bertz CT molecular complexity index is 398. The smallest absolute Gasteiger partial charge is 0.0511 e. The lowest BCUT2D eigenvalue weighted by Crippen LogP contribution is -2.30. The number of rotatable bonds is 7. The number of anilines is 1. The molecule has 1 N–H and O–H groups in total. The zero-order valence-corrected chi connectivity index (χ0v) is 13.8. The SMILES string of the molecule is CCCNC(C)c1ccc(N(C)CC2CCCOC2)cc1. The number of ether oxygens (including phenoxy) is 1. The van der Waals surface area contributed by atoms with Crippen LogP contribution in [0.25, 0.3) is 0 Å². The van der Waals surface area contributed by atoms with Crippen LogP contribution in [0.3, 0.4) is 0 Å². The molecule has 3 nitrogen and oxygen atoms in total. The summed E-state index contributed by atoms with van der Waals surface area (Å²) in [5.74, 6) is 0.675. The minimum absolute atomic E-state index is 0.427. The number of benzene rings is 1. The van der Waals surface area contributed by atoms with Gasteiger partial charge in [-0.1, -0.05) is 19.1 Å². The van der Waals surface area contributed by atoms with Crippen LogP contribution in [0.1, 0.15) is 44.7 Å². The maximum Gasteiger partial charge on any atom is 0.0511 e. The Hall–Kier alpha value is -1.06. The predicted octanol–water partition coefficient (Wildman–Crippen LogP) is 3.61. The quantitative estimate of drug-likeness (QED) is 0.830. The lowest BCUT2D eigenvalue weighted by atomic mass is 10.0. The molecule has 0 aromatic heterocycles. The zero-order chi connectivity index (χ0) is 15.1. The molecule has 1 aromatic rings. The lowest BCUT2D eigenvalue weighted by molar-refractivity contribution is 0.0576. The van der Waals surface area contributed by atoms with Gasteiger partial charge in [0.1, 0.15) is 0 Å². The highest BCUT2D eigenvalue weighted by molar-refractivity contribution is 5.47. The summed E-state index contributed by atoms with van der Waals surface area (Å²) in [5.41, 5.74) is 2.66. The Kier molecular flexibility index (Phi) is 6.52. The molecule has 1 saturated heterocycles. The molecule has 118 valence electrons. The van der Waals surface area contributed by atoms with Gasteiger partial charge in [-0.2, -0.15) is 0 Å². The van der Waals surface area contributed by atoms with Crippen LogP contribution in [0.2, 0.25) is 0 Å². The van der Waals surface area contributed by atoms with E-state index in [1.165, 1.54) is 30.5 Å². The van der Waals surface area contributed by atoms with Gasteiger partial charge in [0.2, 0.25) is 0 Å². The molecule has 0 amide bonds. The monoisotopic (exact) mass is 290 g/mol. The van der Waals surface area contributed by atoms with E-state index in [4.69, 9.17) is 4.74 Å². The second-order valence-corrected chi connectivity index (χ2v) is 6.23. The van der Waals surface area contributed by atoms with Crippen LogP contribution >= 0.6 is 0 Å². The van der Waals surface area contributed by atoms with Crippen LogP contribution in [0.15, 0.2) is 24.3 Å². The molecule has 0 spiro atoms. The summed E-state index contributed by atoms with van der Waals surface area (Å²) in [7, 11) is 2.18. The molecule has 2 unspecified atom stereocenters. The molecular formula is C18H30N2O. The van der Waals surface area contributed by atoms with Crippen LogP contribution < -0.4 is 10.2 Å². The number of nitrogens with one attached hydrogen (secondary N) is 1. The normalized spacial score (nSPS) is 20.2. The van der Waals surface area contributed by atoms with Gasteiger partial charge in [0.15, 0.2) is 0 Å². The minimum atomic E-state index is 0.427. The molecule has 2 atom stereocenters. The van der Waals surface area contributed by atoms with Gasteiger partial charge < -0.3 is 15.0 Å². The number of nitrogens with zero attached hydrogens (tertiary/aromatic N) is 1. The van der Waals surface area contributed by atoms with Crippen LogP contribution in [0.5, 0.6) is 0 Å². The molecule has 1 aliphatic heterocycles. The second kappa shape index (κ2) is 8.40. The fraction of sp³-hybridized carbons (Fsp3) is 0.667. The first-order valence-corrected chi connectivity index (χ1v) is 8.33. The Morgan fingerprint density at radius 2 is 2.10 bits per heavy atom. The van der Waals surface area contributed by atoms with Gasteiger partial charge in [0.05, 0.1) is 6.61 Å². The van der Waals surface area contributed by atoms with E-state index < -0.39 is 0 Å². The van der Waals surface area contributed by atoms with Crippen molar-refractivity contribution < 1.29 is 4.74 Å². The molecule has 1 aromatic carbocycles. The summed E-state index contributed by atoms with van der Waals surface area (Å²) >= 11 is 0. The van der Waals surface area contributed by atoms with Crippen molar-refractivity contribution in [2.45, 2.75) is 39.2 Å². The van der Waals surface area contributed by atoms with Crippen molar-refractivity contribution in [3.8, 4) is 0 Å². The van der Waals surface area contributed by atoms with Crippen molar-refractivity contribution >= 4 is 5.69 Å². The van der Waals surface area contributed by atoms with Crippen LogP contribution in [-0.4, -0.2) is 33.4 Å². The third-order valence-electron chi connectivity index (χ3n) is 4.32. The molecule has 2 rings (SSSR count). The molecule has 0 radical (unpaired) electrons.